The van der Waals surface area contributed by atoms with Crippen molar-refractivity contribution in [2.75, 3.05) is 13.6 Å². The van der Waals surface area contributed by atoms with E-state index >= 15 is 0 Å². The first kappa shape index (κ1) is 17.1. The molecule has 1 aromatic carbocycles. The van der Waals surface area contributed by atoms with Gasteiger partial charge in [0.05, 0.1) is 5.69 Å². The highest BCUT2D eigenvalue weighted by atomic mass is 19.1. The maximum absolute atomic E-state index is 13.5. The molecule has 25 heavy (non-hydrogen) atoms. The summed E-state index contributed by atoms with van der Waals surface area (Å²) in [4.78, 5) is 24.8. The Kier molecular flexibility index (Phi) is 4.83. The van der Waals surface area contributed by atoms with E-state index in [1.54, 1.807) is 23.9 Å². The number of carboxylic acids is 1. The van der Waals surface area contributed by atoms with Crippen molar-refractivity contribution < 1.29 is 19.1 Å². The van der Waals surface area contributed by atoms with Gasteiger partial charge in [0, 0.05) is 31.3 Å². The van der Waals surface area contributed by atoms with Gasteiger partial charge in [0.2, 0.25) is 0 Å². The fourth-order valence-corrected chi connectivity index (χ4v) is 3.18. The highest BCUT2D eigenvalue weighted by Crippen LogP contribution is 2.28. The molecule has 1 N–H and O–H groups in total. The molecule has 132 valence electrons. The molecule has 1 amide bonds. The molecule has 6 nitrogen and oxygen atoms in total. The average molecular weight is 345 g/mol. The van der Waals surface area contributed by atoms with Crippen LogP contribution in [0.1, 0.15) is 41.0 Å². The Morgan fingerprint density at radius 3 is 2.88 bits per heavy atom. The number of halogens is 1. The first-order valence-electron chi connectivity index (χ1n) is 8.31. The summed E-state index contributed by atoms with van der Waals surface area (Å²) in [7, 11) is 1.65. The highest BCUT2D eigenvalue weighted by Gasteiger charge is 2.28. The number of amides is 1. The molecule has 0 radical (unpaired) electrons. The highest BCUT2D eigenvalue weighted by molar-refractivity contribution is 5.94. The number of rotatable bonds is 6. The zero-order chi connectivity index (χ0) is 18.0. The number of hydrogen-bond acceptors (Lipinski definition) is 3. The van der Waals surface area contributed by atoms with Crippen LogP contribution in [0.15, 0.2) is 24.3 Å². The Balaban J connectivity index is 1.86. The fraction of sp³-hybridized carbons (Fsp3) is 0.389. The molecule has 0 saturated heterocycles. The molecule has 2 aromatic rings. The molecule has 0 bridgehead atoms. The van der Waals surface area contributed by atoms with E-state index in [-0.39, 0.29) is 18.1 Å². The van der Waals surface area contributed by atoms with E-state index in [4.69, 9.17) is 5.11 Å². The zero-order valence-corrected chi connectivity index (χ0v) is 14.0. The van der Waals surface area contributed by atoms with Gasteiger partial charge in [-0.15, -0.1) is 0 Å². The number of aromatic nitrogens is 2. The van der Waals surface area contributed by atoms with E-state index in [0.29, 0.717) is 24.3 Å². The average Bonchev–Trinajstić information content (AvgIpc) is 3.15. The van der Waals surface area contributed by atoms with E-state index < -0.39 is 5.97 Å². The van der Waals surface area contributed by atoms with Gasteiger partial charge >= 0.3 is 5.97 Å². The summed E-state index contributed by atoms with van der Waals surface area (Å²) in [6, 6.07) is 6.15. The largest absolute Gasteiger partial charge is 0.481 e. The molecule has 0 saturated carbocycles. The number of fused-ring (bicyclic) bond motifs is 1. The molecule has 3 rings (SSSR count). The summed E-state index contributed by atoms with van der Waals surface area (Å²) in [6.07, 6.45) is 2.92. The summed E-state index contributed by atoms with van der Waals surface area (Å²) < 4.78 is 15.2. The second-order valence-electron chi connectivity index (χ2n) is 6.24. The lowest BCUT2D eigenvalue weighted by molar-refractivity contribution is -0.137. The Bertz CT molecular complexity index is 816. The van der Waals surface area contributed by atoms with Crippen molar-refractivity contribution in [2.45, 2.75) is 32.1 Å². The summed E-state index contributed by atoms with van der Waals surface area (Å²) in [5, 5.41) is 13.2. The molecule has 1 aromatic heterocycles. The summed E-state index contributed by atoms with van der Waals surface area (Å²) in [5.41, 5.74) is 2.85. The van der Waals surface area contributed by atoms with Crippen molar-refractivity contribution in [3.63, 3.8) is 0 Å². The van der Waals surface area contributed by atoms with Gasteiger partial charge in [-0.1, -0.05) is 6.07 Å². The molecule has 0 atom stereocenters. The molecule has 0 fully saturated rings. The van der Waals surface area contributed by atoms with Crippen LogP contribution in [0.2, 0.25) is 0 Å². The molecule has 0 aliphatic heterocycles. The lowest BCUT2D eigenvalue weighted by Crippen LogP contribution is -2.29. The molecular weight excluding hydrogens is 325 g/mol. The number of benzene rings is 1. The fourth-order valence-electron chi connectivity index (χ4n) is 3.18. The minimum atomic E-state index is -0.878. The third kappa shape index (κ3) is 3.55. The van der Waals surface area contributed by atoms with Crippen LogP contribution in [0.5, 0.6) is 0 Å². The standard InChI is InChI=1S/C18H20FN3O3/c1-21(10-4-9-16(23)24)18(25)17-14-7-3-8-15(14)22(20-17)13-6-2-5-12(19)11-13/h2,5-6,11H,3-4,7-10H2,1H3,(H,23,24). The molecule has 7 heteroatoms. The van der Waals surface area contributed by atoms with Crippen LogP contribution >= 0.6 is 0 Å². The number of nitrogens with zero attached hydrogens (tertiary/aromatic N) is 3. The number of carboxylic acid groups (broad SMARTS) is 1. The maximum Gasteiger partial charge on any atom is 0.303 e. The SMILES string of the molecule is CN(CCCC(=O)O)C(=O)c1nn(-c2cccc(F)c2)c2c1CCC2. The summed E-state index contributed by atoms with van der Waals surface area (Å²) >= 11 is 0. The van der Waals surface area contributed by atoms with Crippen LogP contribution in [-0.4, -0.2) is 45.3 Å². The smallest absolute Gasteiger partial charge is 0.303 e. The van der Waals surface area contributed by atoms with Crippen LogP contribution in [0.3, 0.4) is 0 Å². The van der Waals surface area contributed by atoms with Gasteiger partial charge in [0.25, 0.3) is 5.91 Å². The maximum atomic E-state index is 13.5. The third-order valence-corrected chi connectivity index (χ3v) is 4.42. The Hall–Kier alpha value is -2.70. The number of hydrogen-bond donors (Lipinski definition) is 1. The normalized spacial score (nSPS) is 12.9. The second kappa shape index (κ2) is 7.04. The van der Waals surface area contributed by atoms with Gasteiger partial charge in [-0.3, -0.25) is 9.59 Å². The van der Waals surface area contributed by atoms with Crippen LogP contribution in [-0.2, 0) is 17.6 Å². The monoisotopic (exact) mass is 345 g/mol. The molecule has 1 aliphatic rings. The Morgan fingerprint density at radius 1 is 1.36 bits per heavy atom. The van der Waals surface area contributed by atoms with Crippen molar-refractivity contribution in [1.82, 2.24) is 14.7 Å². The number of carbonyl (C=O) groups excluding carboxylic acids is 1. The van der Waals surface area contributed by atoms with Crippen LogP contribution in [0.4, 0.5) is 4.39 Å². The van der Waals surface area contributed by atoms with Gasteiger partial charge in [-0.05, 0) is 43.9 Å². The van der Waals surface area contributed by atoms with Crippen molar-refractivity contribution in [2.24, 2.45) is 0 Å². The Morgan fingerprint density at radius 2 is 2.16 bits per heavy atom. The van der Waals surface area contributed by atoms with Gasteiger partial charge in [-0.2, -0.15) is 5.10 Å². The van der Waals surface area contributed by atoms with Crippen molar-refractivity contribution >= 4 is 11.9 Å². The van der Waals surface area contributed by atoms with Crippen LogP contribution < -0.4 is 0 Å². The van der Waals surface area contributed by atoms with Gasteiger partial charge < -0.3 is 10.0 Å². The lowest BCUT2D eigenvalue weighted by Gasteiger charge is -2.15. The van der Waals surface area contributed by atoms with Crippen LogP contribution in [0.25, 0.3) is 5.69 Å². The Labute approximate surface area is 144 Å². The van der Waals surface area contributed by atoms with Gasteiger partial charge in [0.1, 0.15) is 5.82 Å². The topological polar surface area (TPSA) is 75.4 Å². The lowest BCUT2D eigenvalue weighted by atomic mass is 10.2. The molecule has 0 unspecified atom stereocenters. The third-order valence-electron chi connectivity index (χ3n) is 4.42. The van der Waals surface area contributed by atoms with Crippen molar-refractivity contribution in [3.05, 3.63) is 47.0 Å². The second-order valence-corrected chi connectivity index (χ2v) is 6.24. The molecule has 0 spiro atoms. The van der Waals surface area contributed by atoms with E-state index in [2.05, 4.69) is 5.10 Å². The van der Waals surface area contributed by atoms with E-state index in [0.717, 1.165) is 30.5 Å². The van der Waals surface area contributed by atoms with E-state index in [1.807, 2.05) is 0 Å². The predicted molar refractivity (Wildman–Crippen MR) is 89.4 cm³/mol. The summed E-state index contributed by atoms with van der Waals surface area (Å²) in [6.45, 7) is 0.354. The first-order chi connectivity index (χ1) is 12.0. The minimum absolute atomic E-state index is 0.0213. The van der Waals surface area contributed by atoms with Crippen molar-refractivity contribution in [3.8, 4) is 5.69 Å². The molecular formula is C18H20FN3O3. The van der Waals surface area contributed by atoms with E-state index in [9.17, 15) is 14.0 Å². The number of aliphatic carboxylic acids is 1. The van der Waals surface area contributed by atoms with Crippen LogP contribution in [0, 0.1) is 5.82 Å². The minimum Gasteiger partial charge on any atom is -0.481 e. The van der Waals surface area contributed by atoms with Crippen molar-refractivity contribution in [1.29, 1.82) is 0 Å². The number of carbonyl (C=O) groups is 2. The first-order valence-corrected chi connectivity index (χ1v) is 8.31. The zero-order valence-electron chi connectivity index (χ0n) is 14.0. The van der Waals surface area contributed by atoms with Gasteiger partial charge in [-0.25, -0.2) is 9.07 Å². The van der Waals surface area contributed by atoms with E-state index in [1.165, 1.54) is 17.0 Å². The quantitative estimate of drug-likeness (QED) is 0.872. The molecule has 1 aliphatic carbocycles. The molecule has 1 heterocycles. The van der Waals surface area contributed by atoms with Gasteiger partial charge in [0.15, 0.2) is 5.69 Å². The summed E-state index contributed by atoms with van der Waals surface area (Å²) in [5.74, 6) is -1.45. The predicted octanol–water partition coefficient (Wildman–Crippen LogP) is 2.44.